The molecule has 3 nitrogen and oxygen atoms in total. The summed E-state index contributed by atoms with van der Waals surface area (Å²) in [6.45, 7) is 9.12. The van der Waals surface area contributed by atoms with E-state index in [0.717, 1.165) is 35.3 Å². The van der Waals surface area contributed by atoms with Crippen LogP contribution in [0.1, 0.15) is 43.1 Å². The van der Waals surface area contributed by atoms with Gasteiger partial charge in [0.15, 0.2) is 5.82 Å². The van der Waals surface area contributed by atoms with Crippen LogP contribution in [-0.2, 0) is 0 Å². The number of aryl methyl sites for hydroxylation is 2. The Balaban J connectivity index is 2.32. The van der Waals surface area contributed by atoms with Gasteiger partial charge in [0, 0.05) is 29.1 Å². The lowest BCUT2D eigenvalue weighted by atomic mass is 10.1. The second-order valence-corrected chi connectivity index (χ2v) is 5.37. The molecule has 0 fully saturated rings. The second-order valence-electron chi connectivity index (χ2n) is 5.37. The Hall–Kier alpha value is -1.81. The number of aromatic nitrogens is 2. The smallest absolute Gasteiger partial charge is 0.159 e. The van der Waals surface area contributed by atoms with E-state index < -0.39 is 0 Å². The minimum absolute atomic E-state index is 0.215. The first-order chi connectivity index (χ1) is 10.0. The first kappa shape index (κ1) is 15.6. The van der Waals surface area contributed by atoms with Crippen molar-refractivity contribution >= 4 is 0 Å². The largest absolute Gasteiger partial charge is 0.310 e. The molecule has 2 aromatic rings. The summed E-state index contributed by atoms with van der Waals surface area (Å²) in [5, 5.41) is 3.43. The molecule has 0 spiro atoms. The third-order valence-corrected chi connectivity index (χ3v) is 3.62. The summed E-state index contributed by atoms with van der Waals surface area (Å²) < 4.78 is 13.4. The Morgan fingerprint density at radius 1 is 1.29 bits per heavy atom. The molecule has 112 valence electrons. The summed E-state index contributed by atoms with van der Waals surface area (Å²) in [6.07, 6.45) is 2.93. The molecule has 0 bridgehead atoms. The van der Waals surface area contributed by atoms with Crippen molar-refractivity contribution in [3.8, 4) is 11.4 Å². The monoisotopic (exact) mass is 287 g/mol. The van der Waals surface area contributed by atoms with Gasteiger partial charge in [-0.05, 0) is 51.4 Å². The maximum atomic E-state index is 13.4. The van der Waals surface area contributed by atoms with Crippen molar-refractivity contribution in [3.63, 3.8) is 0 Å². The van der Waals surface area contributed by atoms with Gasteiger partial charge in [-0.3, -0.25) is 0 Å². The SMILES string of the molecule is CCCNC(C)c1cnc(-c2cc(F)ccc2C)nc1C. The van der Waals surface area contributed by atoms with Crippen LogP contribution >= 0.6 is 0 Å². The van der Waals surface area contributed by atoms with Gasteiger partial charge in [-0.1, -0.05) is 13.0 Å². The van der Waals surface area contributed by atoms with E-state index in [0.29, 0.717) is 5.82 Å². The molecule has 1 unspecified atom stereocenters. The van der Waals surface area contributed by atoms with Gasteiger partial charge in [0.2, 0.25) is 0 Å². The molecule has 1 heterocycles. The highest BCUT2D eigenvalue weighted by atomic mass is 19.1. The van der Waals surface area contributed by atoms with Crippen LogP contribution in [0.25, 0.3) is 11.4 Å². The predicted octanol–water partition coefficient (Wildman–Crippen LogP) is 3.96. The maximum absolute atomic E-state index is 13.4. The van der Waals surface area contributed by atoms with Gasteiger partial charge in [0.1, 0.15) is 5.82 Å². The third kappa shape index (κ3) is 3.64. The quantitative estimate of drug-likeness (QED) is 0.904. The molecule has 1 N–H and O–H groups in total. The van der Waals surface area contributed by atoms with Crippen LogP contribution in [0, 0.1) is 19.7 Å². The number of rotatable bonds is 5. The van der Waals surface area contributed by atoms with E-state index in [9.17, 15) is 4.39 Å². The number of hydrogen-bond acceptors (Lipinski definition) is 3. The average Bonchev–Trinajstić information content (AvgIpc) is 2.47. The van der Waals surface area contributed by atoms with E-state index in [4.69, 9.17) is 0 Å². The fourth-order valence-corrected chi connectivity index (χ4v) is 2.34. The fourth-order valence-electron chi connectivity index (χ4n) is 2.34. The summed E-state index contributed by atoms with van der Waals surface area (Å²) in [6, 6.07) is 4.91. The minimum atomic E-state index is -0.265. The summed E-state index contributed by atoms with van der Waals surface area (Å²) in [7, 11) is 0. The molecule has 0 radical (unpaired) electrons. The normalized spacial score (nSPS) is 12.4. The Kier molecular flexibility index (Phi) is 5.02. The van der Waals surface area contributed by atoms with Crippen LogP contribution in [0.3, 0.4) is 0 Å². The van der Waals surface area contributed by atoms with Crippen LogP contribution < -0.4 is 5.32 Å². The fraction of sp³-hybridized carbons (Fsp3) is 0.412. The van der Waals surface area contributed by atoms with Gasteiger partial charge in [-0.15, -0.1) is 0 Å². The molecule has 1 aromatic carbocycles. The van der Waals surface area contributed by atoms with Gasteiger partial charge >= 0.3 is 0 Å². The summed E-state index contributed by atoms with van der Waals surface area (Å²) >= 11 is 0. The molecule has 1 atom stereocenters. The van der Waals surface area contributed by atoms with Crippen molar-refractivity contribution in [2.24, 2.45) is 0 Å². The number of nitrogens with zero attached hydrogens (tertiary/aromatic N) is 2. The van der Waals surface area contributed by atoms with Crippen LogP contribution in [0.15, 0.2) is 24.4 Å². The topological polar surface area (TPSA) is 37.8 Å². The molecule has 2 rings (SSSR count). The zero-order chi connectivity index (χ0) is 15.4. The third-order valence-electron chi connectivity index (χ3n) is 3.62. The summed E-state index contributed by atoms with van der Waals surface area (Å²) in [5.74, 6) is 0.315. The number of nitrogens with one attached hydrogen (secondary N) is 1. The Morgan fingerprint density at radius 2 is 2.05 bits per heavy atom. The number of halogens is 1. The first-order valence-corrected chi connectivity index (χ1v) is 7.36. The Labute approximate surface area is 125 Å². The maximum Gasteiger partial charge on any atom is 0.159 e. The number of hydrogen-bond donors (Lipinski definition) is 1. The van der Waals surface area contributed by atoms with Crippen molar-refractivity contribution in [1.29, 1.82) is 0 Å². The molecular weight excluding hydrogens is 265 g/mol. The van der Waals surface area contributed by atoms with E-state index in [2.05, 4.69) is 29.1 Å². The van der Waals surface area contributed by atoms with Crippen molar-refractivity contribution in [3.05, 3.63) is 47.0 Å². The Morgan fingerprint density at radius 3 is 2.71 bits per heavy atom. The van der Waals surface area contributed by atoms with E-state index in [1.807, 2.05) is 20.0 Å². The lowest BCUT2D eigenvalue weighted by Crippen LogP contribution is -2.20. The molecular formula is C17H22FN3. The van der Waals surface area contributed by atoms with E-state index in [-0.39, 0.29) is 11.9 Å². The molecule has 0 aliphatic carbocycles. The average molecular weight is 287 g/mol. The Bertz CT molecular complexity index is 625. The molecule has 0 saturated carbocycles. The summed E-state index contributed by atoms with van der Waals surface area (Å²) in [4.78, 5) is 8.98. The van der Waals surface area contributed by atoms with Gasteiger partial charge in [0.25, 0.3) is 0 Å². The van der Waals surface area contributed by atoms with Crippen molar-refractivity contribution in [2.75, 3.05) is 6.54 Å². The van der Waals surface area contributed by atoms with Crippen LogP contribution in [0.2, 0.25) is 0 Å². The summed E-state index contributed by atoms with van der Waals surface area (Å²) in [5.41, 5.74) is 3.74. The zero-order valence-corrected chi connectivity index (χ0v) is 13.1. The highest BCUT2D eigenvalue weighted by molar-refractivity contribution is 5.60. The molecule has 4 heteroatoms. The standard InChI is InChI=1S/C17H22FN3/c1-5-8-19-12(3)16-10-20-17(21-13(16)4)15-9-14(18)7-6-11(15)2/h6-7,9-10,12,19H,5,8H2,1-4H3. The highest BCUT2D eigenvalue weighted by Crippen LogP contribution is 2.23. The van der Waals surface area contributed by atoms with Gasteiger partial charge in [-0.2, -0.15) is 0 Å². The number of benzene rings is 1. The molecule has 0 aliphatic heterocycles. The minimum Gasteiger partial charge on any atom is -0.310 e. The molecule has 0 saturated heterocycles. The van der Waals surface area contributed by atoms with Crippen molar-refractivity contribution in [1.82, 2.24) is 15.3 Å². The van der Waals surface area contributed by atoms with Crippen molar-refractivity contribution in [2.45, 2.75) is 40.2 Å². The molecule has 0 amide bonds. The van der Waals surface area contributed by atoms with Crippen LogP contribution in [0.4, 0.5) is 4.39 Å². The van der Waals surface area contributed by atoms with Crippen LogP contribution in [0.5, 0.6) is 0 Å². The van der Waals surface area contributed by atoms with Gasteiger partial charge < -0.3 is 5.32 Å². The van der Waals surface area contributed by atoms with E-state index in [1.165, 1.54) is 12.1 Å². The first-order valence-electron chi connectivity index (χ1n) is 7.36. The lowest BCUT2D eigenvalue weighted by molar-refractivity contribution is 0.564. The predicted molar refractivity (Wildman–Crippen MR) is 83.6 cm³/mol. The second kappa shape index (κ2) is 6.76. The molecule has 1 aromatic heterocycles. The molecule has 0 aliphatic rings. The lowest BCUT2D eigenvalue weighted by Gasteiger charge is -2.16. The zero-order valence-electron chi connectivity index (χ0n) is 13.1. The van der Waals surface area contributed by atoms with Crippen molar-refractivity contribution < 1.29 is 4.39 Å². The van der Waals surface area contributed by atoms with Gasteiger partial charge in [0.05, 0.1) is 0 Å². The van der Waals surface area contributed by atoms with E-state index in [1.54, 1.807) is 6.07 Å². The molecule has 21 heavy (non-hydrogen) atoms. The van der Waals surface area contributed by atoms with Gasteiger partial charge in [-0.25, -0.2) is 14.4 Å². The van der Waals surface area contributed by atoms with E-state index >= 15 is 0 Å². The highest BCUT2D eigenvalue weighted by Gasteiger charge is 2.12. The van der Waals surface area contributed by atoms with Crippen LogP contribution in [-0.4, -0.2) is 16.5 Å².